The minimum Gasteiger partial charge on any atom is -0.488 e. The van der Waals surface area contributed by atoms with Gasteiger partial charge in [0, 0.05) is 26.1 Å². The van der Waals surface area contributed by atoms with E-state index in [0.717, 1.165) is 44.3 Å². The molecule has 1 aromatic rings. The number of hydrogen-bond acceptors (Lipinski definition) is 3. The van der Waals surface area contributed by atoms with Crippen LogP contribution in [-0.2, 0) is 6.42 Å². The summed E-state index contributed by atoms with van der Waals surface area (Å²) in [6.45, 7) is 8.69. The van der Waals surface area contributed by atoms with Crippen LogP contribution in [0.3, 0.4) is 0 Å². The zero-order chi connectivity index (χ0) is 13.7. The van der Waals surface area contributed by atoms with Gasteiger partial charge >= 0.3 is 0 Å². The van der Waals surface area contributed by atoms with Gasteiger partial charge in [0.1, 0.15) is 11.9 Å². The summed E-state index contributed by atoms with van der Waals surface area (Å²) >= 11 is 0. The van der Waals surface area contributed by atoms with Gasteiger partial charge in [-0.15, -0.1) is 0 Å². The van der Waals surface area contributed by atoms with Crippen molar-refractivity contribution in [1.82, 2.24) is 10.2 Å². The SMILES string of the molecule is CC(C)CNCCN(C)CC1Cc2ccccc2O1. The first-order chi connectivity index (χ1) is 9.15. The van der Waals surface area contributed by atoms with Crippen molar-refractivity contribution in [2.24, 2.45) is 5.92 Å². The van der Waals surface area contributed by atoms with Gasteiger partial charge in [0.25, 0.3) is 0 Å². The van der Waals surface area contributed by atoms with Gasteiger partial charge in [-0.1, -0.05) is 32.0 Å². The number of likely N-dealkylation sites (N-methyl/N-ethyl adjacent to an activating group) is 1. The van der Waals surface area contributed by atoms with E-state index in [1.807, 2.05) is 6.07 Å². The highest BCUT2D eigenvalue weighted by Crippen LogP contribution is 2.28. The van der Waals surface area contributed by atoms with Crippen LogP contribution >= 0.6 is 0 Å². The monoisotopic (exact) mass is 262 g/mol. The minimum atomic E-state index is 0.312. The molecule has 0 saturated heterocycles. The highest BCUT2D eigenvalue weighted by molar-refractivity contribution is 5.37. The summed E-state index contributed by atoms with van der Waals surface area (Å²) < 4.78 is 5.96. The van der Waals surface area contributed by atoms with E-state index in [1.165, 1.54) is 5.56 Å². The molecular weight excluding hydrogens is 236 g/mol. The molecule has 106 valence electrons. The molecule has 1 heterocycles. The first-order valence-corrected chi connectivity index (χ1v) is 7.29. The Morgan fingerprint density at radius 3 is 2.89 bits per heavy atom. The van der Waals surface area contributed by atoms with Gasteiger partial charge in [0.2, 0.25) is 0 Å². The molecule has 1 aromatic carbocycles. The molecule has 1 unspecified atom stereocenters. The Balaban J connectivity index is 1.66. The Labute approximate surface area is 116 Å². The lowest BCUT2D eigenvalue weighted by molar-refractivity contribution is 0.169. The van der Waals surface area contributed by atoms with E-state index in [2.05, 4.69) is 49.3 Å². The number of hydrogen-bond donors (Lipinski definition) is 1. The molecule has 0 amide bonds. The number of benzene rings is 1. The Hall–Kier alpha value is -1.06. The first-order valence-electron chi connectivity index (χ1n) is 7.29. The van der Waals surface area contributed by atoms with Crippen LogP contribution in [0, 0.1) is 5.92 Å². The summed E-state index contributed by atoms with van der Waals surface area (Å²) in [4.78, 5) is 2.35. The van der Waals surface area contributed by atoms with E-state index >= 15 is 0 Å². The molecule has 0 aromatic heterocycles. The van der Waals surface area contributed by atoms with Gasteiger partial charge < -0.3 is 15.0 Å². The van der Waals surface area contributed by atoms with E-state index in [0.29, 0.717) is 6.10 Å². The van der Waals surface area contributed by atoms with E-state index in [-0.39, 0.29) is 0 Å². The van der Waals surface area contributed by atoms with Crippen molar-refractivity contribution in [3.05, 3.63) is 29.8 Å². The summed E-state index contributed by atoms with van der Waals surface area (Å²) in [7, 11) is 2.17. The maximum Gasteiger partial charge on any atom is 0.123 e. The fourth-order valence-corrected chi connectivity index (χ4v) is 2.46. The average Bonchev–Trinajstić information content (AvgIpc) is 2.76. The minimum absolute atomic E-state index is 0.312. The number of nitrogens with zero attached hydrogens (tertiary/aromatic N) is 1. The van der Waals surface area contributed by atoms with Gasteiger partial charge in [-0.3, -0.25) is 0 Å². The van der Waals surface area contributed by atoms with Crippen LogP contribution < -0.4 is 10.1 Å². The second-order valence-electron chi connectivity index (χ2n) is 5.91. The van der Waals surface area contributed by atoms with Crippen LogP contribution in [-0.4, -0.2) is 44.2 Å². The second-order valence-corrected chi connectivity index (χ2v) is 5.91. The summed E-state index contributed by atoms with van der Waals surface area (Å²) in [5.74, 6) is 1.79. The lowest BCUT2D eigenvalue weighted by atomic mass is 10.1. The van der Waals surface area contributed by atoms with Crippen LogP contribution in [0.25, 0.3) is 0 Å². The molecule has 19 heavy (non-hydrogen) atoms. The summed E-state index contributed by atoms with van der Waals surface area (Å²) in [6, 6.07) is 8.37. The molecule has 0 spiro atoms. The standard InChI is InChI=1S/C16H26N2O/c1-13(2)11-17-8-9-18(3)12-15-10-14-6-4-5-7-16(14)19-15/h4-7,13,15,17H,8-12H2,1-3H3. The summed E-state index contributed by atoms with van der Waals surface area (Å²) in [6.07, 6.45) is 1.35. The molecule has 1 atom stereocenters. The molecule has 0 radical (unpaired) electrons. The predicted molar refractivity (Wildman–Crippen MR) is 79.8 cm³/mol. The molecule has 1 aliphatic heterocycles. The zero-order valence-electron chi connectivity index (χ0n) is 12.4. The fraction of sp³-hybridized carbons (Fsp3) is 0.625. The third-order valence-corrected chi connectivity index (χ3v) is 3.45. The lowest BCUT2D eigenvalue weighted by Crippen LogP contribution is -2.37. The number of fused-ring (bicyclic) bond motifs is 1. The van der Waals surface area contributed by atoms with Gasteiger partial charge in [-0.2, -0.15) is 0 Å². The molecular formula is C16H26N2O. The van der Waals surface area contributed by atoms with Crippen LogP contribution in [0.2, 0.25) is 0 Å². The van der Waals surface area contributed by atoms with Crippen LogP contribution in [0.1, 0.15) is 19.4 Å². The van der Waals surface area contributed by atoms with Crippen LogP contribution in [0.4, 0.5) is 0 Å². The van der Waals surface area contributed by atoms with Gasteiger partial charge in [0.15, 0.2) is 0 Å². The van der Waals surface area contributed by atoms with E-state index < -0.39 is 0 Å². The first kappa shape index (κ1) is 14.4. The smallest absolute Gasteiger partial charge is 0.123 e. The van der Waals surface area contributed by atoms with Crippen molar-refractivity contribution in [2.45, 2.75) is 26.4 Å². The molecule has 0 fully saturated rings. The second kappa shape index (κ2) is 6.92. The van der Waals surface area contributed by atoms with E-state index in [4.69, 9.17) is 4.74 Å². The summed E-state index contributed by atoms with van der Waals surface area (Å²) in [5.41, 5.74) is 1.35. The molecule has 3 nitrogen and oxygen atoms in total. The van der Waals surface area contributed by atoms with Crippen molar-refractivity contribution in [2.75, 3.05) is 33.2 Å². The maximum absolute atomic E-state index is 5.96. The number of rotatable bonds is 7. The number of para-hydroxylation sites is 1. The Bertz CT molecular complexity index is 367. The number of nitrogens with one attached hydrogen (secondary N) is 1. The van der Waals surface area contributed by atoms with Crippen LogP contribution in [0.15, 0.2) is 24.3 Å². The van der Waals surface area contributed by atoms with Crippen molar-refractivity contribution >= 4 is 0 Å². The van der Waals surface area contributed by atoms with E-state index in [1.54, 1.807) is 0 Å². The molecule has 0 bridgehead atoms. The topological polar surface area (TPSA) is 24.5 Å². The lowest BCUT2D eigenvalue weighted by Gasteiger charge is -2.21. The fourth-order valence-electron chi connectivity index (χ4n) is 2.46. The quantitative estimate of drug-likeness (QED) is 0.762. The van der Waals surface area contributed by atoms with Gasteiger partial charge in [-0.05, 0) is 31.1 Å². The summed E-state index contributed by atoms with van der Waals surface area (Å²) in [5, 5.41) is 3.48. The van der Waals surface area contributed by atoms with Crippen molar-refractivity contribution in [3.8, 4) is 5.75 Å². The van der Waals surface area contributed by atoms with Gasteiger partial charge in [0.05, 0.1) is 0 Å². The van der Waals surface area contributed by atoms with Crippen LogP contribution in [0.5, 0.6) is 5.75 Å². The average molecular weight is 262 g/mol. The molecule has 1 aliphatic rings. The Kier molecular flexibility index (Phi) is 5.23. The Morgan fingerprint density at radius 2 is 2.16 bits per heavy atom. The Morgan fingerprint density at radius 1 is 1.37 bits per heavy atom. The zero-order valence-corrected chi connectivity index (χ0v) is 12.4. The highest BCUT2D eigenvalue weighted by Gasteiger charge is 2.23. The third kappa shape index (κ3) is 4.51. The number of ether oxygens (including phenoxy) is 1. The molecule has 1 N–H and O–H groups in total. The molecule has 0 aliphatic carbocycles. The maximum atomic E-state index is 5.96. The molecule has 0 saturated carbocycles. The van der Waals surface area contributed by atoms with Crippen molar-refractivity contribution in [3.63, 3.8) is 0 Å². The molecule has 2 rings (SSSR count). The predicted octanol–water partition coefficient (Wildman–Crippen LogP) is 2.17. The third-order valence-electron chi connectivity index (χ3n) is 3.45. The highest BCUT2D eigenvalue weighted by atomic mass is 16.5. The molecule has 3 heteroatoms. The van der Waals surface area contributed by atoms with Crippen molar-refractivity contribution < 1.29 is 4.74 Å². The van der Waals surface area contributed by atoms with E-state index in [9.17, 15) is 0 Å². The van der Waals surface area contributed by atoms with Gasteiger partial charge in [-0.25, -0.2) is 0 Å². The van der Waals surface area contributed by atoms with Crippen molar-refractivity contribution in [1.29, 1.82) is 0 Å². The normalized spacial score (nSPS) is 17.8. The largest absolute Gasteiger partial charge is 0.488 e.